The van der Waals surface area contributed by atoms with Gasteiger partial charge in [-0.25, -0.2) is 4.79 Å². The molecule has 2 bridgehead atoms. The van der Waals surface area contributed by atoms with Crippen LogP contribution in [0.1, 0.15) is 27.2 Å². The molecule has 132 valence electrons. The van der Waals surface area contributed by atoms with Gasteiger partial charge < -0.3 is 14.2 Å². The van der Waals surface area contributed by atoms with Crippen LogP contribution in [0.2, 0.25) is 0 Å². The minimum atomic E-state index is -0.466. The maximum atomic E-state index is 12.6. The van der Waals surface area contributed by atoms with E-state index in [1.807, 2.05) is 0 Å². The summed E-state index contributed by atoms with van der Waals surface area (Å²) < 4.78 is 16.4. The molecule has 0 amide bonds. The highest BCUT2D eigenvalue weighted by Crippen LogP contribution is 2.64. The average molecular weight is 334 g/mol. The molecule has 3 aliphatic rings. The third kappa shape index (κ3) is 2.64. The molecule has 1 aliphatic heterocycles. The first kappa shape index (κ1) is 17.1. The van der Waals surface area contributed by atoms with Crippen LogP contribution in [-0.2, 0) is 23.8 Å². The van der Waals surface area contributed by atoms with E-state index < -0.39 is 5.97 Å². The molecule has 0 aromatic carbocycles. The Bertz CT molecular complexity index is 578. The molecule has 0 radical (unpaired) electrons. The van der Waals surface area contributed by atoms with Crippen LogP contribution in [0.5, 0.6) is 0 Å². The summed E-state index contributed by atoms with van der Waals surface area (Å²) in [6.07, 6.45) is 1.23. The maximum absolute atomic E-state index is 12.6. The van der Waals surface area contributed by atoms with E-state index in [9.17, 15) is 9.59 Å². The summed E-state index contributed by atoms with van der Waals surface area (Å²) in [5.74, 6) is 1.51. The zero-order chi connectivity index (χ0) is 17.6. The Labute approximate surface area is 143 Å². The Morgan fingerprint density at radius 2 is 1.92 bits per heavy atom. The van der Waals surface area contributed by atoms with Gasteiger partial charge in [0.05, 0.1) is 11.7 Å². The second-order valence-corrected chi connectivity index (χ2v) is 7.57. The van der Waals surface area contributed by atoms with Crippen molar-refractivity contribution in [2.45, 2.75) is 33.3 Å². The van der Waals surface area contributed by atoms with Crippen molar-refractivity contribution in [1.29, 1.82) is 0 Å². The summed E-state index contributed by atoms with van der Waals surface area (Å²) in [6.45, 7) is 13.6. The number of ether oxygens (including phenoxy) is 3. The molecule has 6 atom stereocenters. The van der Waals surface area contributed by atoms with E-state index in [4.69, 9.17) is 14.2 Å². The lowest BCUT2D eigenvalue weighted by Gasteiger charge is -2.33. The lowest BCUT2D eigenvalue weighted by molar-refractivity contribution is -0.157. The molecule has 1 saturated heterocycles. The molecule has 2 saturated carbocycles. The molecule has 3 fully saturated rings. The molecule has 3 rings (SSSR count). The topological polar surface area (TPSA) is 61.8 Å². The van der Waals surface area contributed by atoms with Gasteiger partial charge in [-0.05, 0) is 25.2 Å². The highest BCUT2D eigenvalue weighted by atomic mass is 16.6. The van der Waals surface area contributed by atoms with Crippen molar-refractivity contribution in [3.8, 4) is 0 Å². The molecule has 0 aromatic heterocycles. The molecule has 1 heterocycles. The summed E-state index contributed by atoms with van der Waals surface area (Å²) in [4.78, 5) is 24.0. The third-order valence-corrected chi connectivity index (χ3v) is 5.76. The highest BCUT2D eigenvalue weighted by molar-refractivity contribution is 5.86. The summed E-state index contributed by atoms with van der Waals surface area (Å²) >= 11 is 0. The fraction of sp³-hybridized carbons (Fsp3) is 0.684. The Morgan fingerprint density at radius 3 is 2.54 bits per heavy atom. The van der Waals surface area contributed by atoms with Gasteiger partial charge in [0.1, 0.15) is 19.3 Å². The fourth-order valence-electron chi connectivity index (χ4n) is 4.95. The Kier molecular flexibility index (Phi) is 4.45. The molecule has 6 unspecified atom stereocenters. The third-order valence-electron chi connectivity index (χ3n) is 5.76. The van der Waals surface area contributed by atoms with Gasteiger partial charge in [-0.15, -0.1) is 0 Å². The van der Waals surface area contributed by atoms with E-state index in [-0.39, 0.29) is 37.1 Å². The molecule has 0 N–H and O–H groups in total. The summed E-state index contributed by atoms with van der Waals surface area (Å²) in [5.41, 5.74) is 0.333. The van der Waals surface area contributed by atoms with Gasteiger partial charge in [0.15, 0.2) is 0 Å². The predicted octanol–water partition coefficient (Wildman–Crippen LogP) is 2.72. The fourth-order valence-corrected chi connectivity index (χ4v) is 4.95. The number of rotatable bonds is 6. The minimum Gasteiger partial charge on any atom is -0.494 e. The summed E-state index contributed by atoms with van der Waals surface area (Å²) in [7, 11) is 0. The van der Waals surface area contributed by atoms with Gasteiger partial charge >= 0.3 is 11.9 Å². The van der Waals surface area contributed by atoms with E-state index in [0.29, 0.717) is 29.2 Å². The van der Waals surface area contributed by atoms with Crippen LogP contribution in [0, 0.1) is 35.5 Å². The summed E-state index contributed by atoms with van der Waals surface area (Å²) in [6, 6.07) is 0. The van der Waals surface area contributed by atoms with Crippen molar-refractivity contribution < 1.29 is 23.8 Å². The summed E-state index contributed by atoms with van der Waals surface area (Å²) in [5, 5.41) is 0. The van der Waals surface area contributed by atoms with Crippen molar-refractivity contribution in [3.63, 3.8) is 0 Å². The van der Waals surface area contributed by atoms with Crippen LogP contribution in [-0.4, -0.2) is 31.3 Å². The van der Waals surface area contributed by atoms with Gasteiger partial charge in [-0.1, -0.05) is 27.0 Å². The van der Waals surface area contributed by atoms with E-state index in [1.165, 1.54) is 0 Å². The monoisotopic (exact) mass is 334 g/mol. The molecule has 2 aliphatic carbocycles. The van der Waals surface area contributed by atoms with Crippen molar-refractivity contribution in [2.24, 2.45) is 35.5 Å². The normalized spacial score (nSPS) is 35.9. The molecular weight excluding hydrogens is 308 g/mol. The smallest absolute Gasteiger partial charge is 0.333 e. The second kappa shape index (κ2) is 6.26. The van der Waals surface area contributed by atoms with Gasteiger partial charge in [0, 0.05) is 23.3 Å². The number of hydrogen-bond acceptors (Lipinski definition) is 5. The van der Waals surface area contributed by atoms with Gasteiger partial charge in [0.25, 0.3) is 0 Å². The number of carbonyl (C=O) groups excluding carboxylic acids is 2. The number of allylic oxidation sites excluding steroid dienone is 1. The first-order valence-electron chi connectivity index (χ1n) is 8.67. The van der Waals surface area contributed by atoms with Crippen LogP contribution in [0.25, 0.3) is 0 Å². The number of fused-ring (bicyclic) bond motifs is 1. The zero-order valence-corrected chi connectivity index (χ0v) is 14.6. The molecule has 0 spiro atoms. The highest BCUT2D eigenvalue weighted by Gasteiger charge is 2.66. The predicted molar refractivity (Wildman–Crippen MR) is 87.7 cm³/mol. The minimum absolute atomic E-state index is 0.0522. The number of esters is 2. The molecule has 24 heavy (non-hydrogen) atoms. The van der Waals surface area contributed by atoms with Gasteiger partial charge in [0.2, 0.25) is 0 Å². The van der Waals surface area contributed by atoms with Crippen molar-refractivity contribution in [3.05, 3.63) is 24.5 Å². The Morgan fingerprint density at radius 1 is 1.25 bits per heavy atom. The Balaban J connectivity index is 1.60. The van der Waals surface area contributed by atoms with Crippen LogP contribution in [0.4, 0.5) is 0 Å². The largest absolute Gasteiger partial charge is 0.494 e. The Hall–Kier alpha value is -1.78. The number of hydrogen-bond donors (Lipinski definition) is 0. The van der Waals surface area contributed by atoms with E-state index in [1.54, 1.807) is 6.92 Å². The lowest BCUT2D eigenvalue weighted by atomic mass is 9.70. The quantitative estimate of drug-likeness (QED) is 0.425. The molecule has 5 nitrogen and oxygen atoms in total. The molecule has 5 heteroatoms. The van der Waals surface area contributed by atoms with Crippen LogP contribution in [0.15, 0.2) is 24.5 Å². The van der Waals surface area contributed by atoms with Crippen LogP contribution in [0.3, 0.4) is 0 Å². The van der Waals surface area contributed by atoms with Crippen LogP contribution >= 0.6 is 0 Å². The second-order valence-electron chi connectivity index (χ2n) is 7.57. The molecular formula is C19H26O5. The average Bonchev–Trinajstić information content (AvgIpc) is 3.11. The van der Waals surface area contributed by atoms with E-state index >= 15 is 0 Å². The number of carbonyl (C=O) groups is 2. The SMILES string of the molecule is C=C(C)C(=O)OCCOC(=O)C1C2CC3C(OC(=C)C31)C2C(C)C. The van der Waals surface area contributed by atoms with Crippen molar-refractivity contribution in [2.75, 3.05) is 13.2 Å². The van der Waals surface area contributed by atoms with Gasteiger partial charge in [-0.2, -0.15) is 0 Å². The van der Waals surface area contributed by atoms with Crippen molar-refractivity contribution >= 4 is 11.9 Å². The van der Waals surface area contributed by atoms with E-state index in [0.717, 1.165) is 12.2 Å². The first-order valence-corrected chi connectivity index (χ1v) is 8.67. The van der Waals surface area contributed by atoms with Crippen LogP contribution < -0.4 is 0 Å². The lowest BCUT2D eigenvalue weighted by Crippen LogP contribution is -2.40. The first-order chi connectivity index (χ1) is 11.3. The van der Waals surface area contributed by atoms with Crippen molar-refractivity contribution in [1.82, 2.24) is 0 Å². The maximum Gasteiger partial charge on any atom is 0.333 e. The van der Waals surface area contributed by atoms with Gasteiger partial charge in [-0.3, -0.25) is 4.79 Å². The molecule has 0 aromatic rings. The standard InChI is InChI=1S/C19H26O5/c1-9(2)14-12-8-13-15(11(5)24-17(13)14)16(12)19(21)23-7-6-22-18(20)10(3)4/h9,12-17H,3,5-8H2,1-2,4H3. The zero-order valence-electron chi connectivity index (χ0n) is 14.6. The van der Waals surface area contributed by atoms with E-state index in [2.05, 4.69) is 27.0 Å².